The lowest BCUT2D eigenvalue weighted by molar-refractivity contribution is 0.102. The molecule has 0 saturated heterocycles. The van der Waals surface area contributed by atoms with Crippen molar-refractivity contribution in [2.75, 3.05) is 5.32 Å². The fourth-order valence-corrected chi connectivity index (χ4v) is 2.62. The molecule has 1 amide bonds. The number of rotatable bonds is 5. The molecule has 3 aromatic carbocycles. The average Bonchev–Trinajstić information content (AvgIpc) is 2.67. The minimum atomic E-state index is -0.218. The summed E-state index contributed by atoms with van der Waals surface area (Å²) in [6, 6.07) is 23.0. The van der Waals surface area contributed by atoms with E-state index in [9.17, 15) is 9.59 Å². The quantitative estimate of drug-likeness (QED) is 0.482. The number of carbonyl (C=O) groups excluding carboxylic acids is 2. The Bertz CT molecular complexity index is 965. The van der Waals surface area contributed by atoms with Crippen LogP contribution in [0.25, 0.3) is 6.08 Å². The third-order valence-electron chi connectivity index (χ3n) is 3.72. The lowest BCUT2D eigenvalue weighted by Crippen LogP contribution is -2.12. The lowest BCUT2D eigenvalue weighted by atomic mass is 10.1. The molecule has 0 bridgehead atoms. The maximum atomic E-state index is 12.4. The summed E-state index contributed by atoms with van der Waals surface area (Å²) in [6.07, 6.45) is 3.20. The largest absolute Gasteiger partial charge is 0.322 e. The molecule has 0 heterocycles. The molecule has 3 aromatic rings. The Kier molecular flexibility index (Phi) is 5.62. The van der Waals surface area contributed by atoms with Crippen LogP contribution in [0.5, 0.6) is 0 Å². The lowest BCUT2D eigenvalue weighted by Gasteiger charge is -2.06. The minimum Gasteiger partial charge on any atom is -0.322 e. The van der Waals surface area contributed by atoms with Crippen LogP contribution in [0.2, 0.25) is 5.02 Å². The molecular formula is C22H16ClNO2. The summed E-state index contributed by atoms with van der Waals surface area (Å²) in [5.74, 6) is -0.370. The van der Waals surface area contributed by atoms with Crippen LogP contribution in [0, 0.1) is 0 Å². The van der Waals surface area contributed by atoms with E-state index in [0.717, 1.165) is 5.56 Å². The standard InChI is InChI=1S/C22H16ClNO2/c23-19-10-4-6-16(14-19)12-13-21(25)18-9-5-11-20(15-18)24-22(26)17-7-2-1-3-8-17/h1-15H,(H,24,26)/b13-12+. The highest BCUT2D eigenvalue weighted by Gasteiger charge is 2.07. The minimum absolute atomic E-state index is 0.152. The first-order valence-corrected chi connectivity index (χ1v) is 8.44. The average molecular weight is 362 g/mol. The van der Waals surface area contributed by atoms with E-state index in [-0.39, 0.29) is 11.7 Å². The van der Waals surface area contributed by atoms with E-state index in [2.05, 4.69) is 5.32 Å². The summed E-state index contributed by atoms with van der Waals surface area (Å²) in [7, 11) is 0. The van der Waals surface area contributed by atoms with Crippen LogP contribution in [-0.2, 0) is 0 Å². The summed E-state index contributed by atoms with van der Waals surface area (Å²) >= 11 is 5.94. The molecule has 1 N–H and O–H groups in total. The summed E-state index contributed by atoms with van der Waals surface area (Å²) < 4.78 is 0. The molecule has 0 atom stereocenters. The Morgan fingerprint density at radius 3 is 2.31 bits per heavy atom. The van der Waals surface area contributed by atoms with E-state index in [1.54, 1.807) is 66.7 Å². The van der Waals surface area contributed by atoms with Gasteiger partial charge in [-0.3, -0.25) is 9.59 Å². The fourth-order valence-electron chi connectivity index (χ4n) is 2.42. The SMILES string of the molecule is O=C(/C=C/c1cccc(Cl)c1)c1cccc(NC(=O)c2ccccc2)c1. The van der Waals surface area contributed by atoms with E-state index in [1.807, 2.05) is 18.2 Å². The second-order valence-corrected chi connectivity index (χ2v) is 6.09. The van der Waals surface area contributed by atoms with Crippen molar-refractivity contribution < 1.29 is 9.59 Å². The number of nitrogens with one attached hydrogen (secondary N) is 1. The monoisotopic (exact) mass is 361 g/mol. The second kappa shape index (κ2) is 8.28. The van der Waals surface area contributed by atoms with Crippen LogP contribution in [0.1, 0.15) is 26.3 Å². The molecule has 0 saturated carbocycles. The molecule has 0 aliphatic carbocycles. The topological polar surface area (TPSA) is 46.2 Å². The zero-order valence-electron chi connectivity index (χ0n) is 13.9. The van der Waals surface area contributed by atoms with Gasteiger partial charge in [-0.15, -0.1) is 0 Å². The number of hydrogen-bond acceptors (Lipinski definition) is 2. The van der Waals surface area contributed by atoms with Crippen LogP contribution >= 0.6 is 11.6 Å². The van der Waals surface area contributed by atoms with Crippen LogP contribution in [-0.4, -0.2) is 11.7 Å². The Morgan fingerprint density at radius 1 is 0.808 bits per heavy atom. The number of allylic oxidation sites excluding steroid dienone is 1. The van der Waals surface area contributed by atoms with Gasteiger partial charge >= 0.3 is 0 Å². The van der Waals surface area contributed by atoms with Crippen LogP contribution < -0.4 is 5.32 Å². The van der Waals surface area contributed by atoms with Gasteiger partial charge in [0, 0.05) is 21.8 Å². The van der Waals surface area contributed by atoms with Crippen molar-refractivity contribution in [2.24, 2.45) is 0 Å². The normalized spacial score (nSPS) is 10.7. The highest BCUT2D eigenvalue weighted by Crippen LogP contribution is 2.15. The first kappa shape index (κ1) is 17.6. The number of amides is 1. The van der Waals surface area contributed by atoms with Gasteiger partial charge in [-0.2, -0.15) is 0 Å². The molecule has 0 unspecified atom stereocenters. The van der Waals surface area contributed by atoms with E-state index in [0.29, 0.717) is 21.8 Å². The maximum absolute atomic E-state index is 12.4. The van der Waals surface area contributed by atoms with Gasteiger partial charge in [0.15, 0.2) is 5.78 Å². The zero-order chi connectivity index (χ0) is 18.4. The Balaban J connectivity index is 1.72. The van der Waals surface area contributed by atoms with Crippen LogP contribution in [0.3, 0.4) is 0 Å². The first-order valence-electron chi connectivity index (χ1n) is 8.06. The predicted octanol–water partition coefficient (Wildman–Crippen LogP) is 5.49. The molecule has 0 spiro atoms. The highest BCUT2D eigenvalue weighted by atomic mass is 35.5. The highest BCUT2D eigenvalue weighted by molar-refractivity contribution is 6.30. The van der Waals surface area contributed by atoms with E-state index >= 15 is 0 Å². The van der Waals surface area contributed by atoms with Crippen molar-refractivity contribution in [1.29, 1.82) is 0 Å². The van der Waals surface area contributed by atoms with Gasteiger partial charge in [0.25, 0.3) is 5.91 Å². The van der Waals surface area contributed by atoms with Gasteiger partial charge in [0.2, 0.25) is 0 Å². The molecule has 3 rings (SSSR count). The Morgan fingerprint density at radius 2 is 1.54 bits per heavy atom. The van der Waals surface area contributed by atoms with E-state index in [4.69, 9.17) is 11.6 Å². The van der Waals surface area contributed by atoms with Crippen molar-refractivity contribution in [3.05, 3.63) is 107 Å². The zero-order valence-corrected chi connectivity index (χ0v) is 14.6. The molecule has 0 aliphatic heterocycles. The predicted molar refractivity (Wildman–Crippen MR) is 106 cm³/mol. The van der Waals surface area contributed by atoms with Gasteiger partial charge in [0.05, 0.1) is 0 Å². The van der Waals surface area contributed by atoms with Crippen LogP contribution in [0.4, 0.5) is 5.69 Å². The number of hydrogen-bond donors (Lipinski definition) is 1. The van der Waals surface area contributed by atoms with Gasteiger partial charge in [0.1, 0.15) is 0 Å². The second-order valence-electron chi connectivity index (χ2n) is 5.65. The summed E-state index contributed by atoms with van der Waals surface area (Å²) in [4.78, 5) is 24.6. The molecule has 3 nitrogen and oxygen atoms in total. The number of anilines is 1. The molecule has 0 aliphatic rings. The number of halogens is 1. The molecule has 0 aromatic heterocycles. The number of carbonyl (C=O) groups is 2. The Labute approximate surface area is 156 Å². The summed E-state index contributed by atoms with van der Waals surface area (Å²) in [5, 5.41) is 3.42. The number of ketones is 1. The molecule has 26 heavy (non-hydrogen) atoms. The van der Waals surface area contributed by atoms with Gasteiger partial charge in [-0.1, -0.05) is 60.1 Å². The Hall–Kier alpha value is -3.17. The third-order valence-corrected chi connectivity index (χ3v) is 3.95. The third kappa shape index (κ3) is 4.68. The smallest absolute Gasteiger partial charge is 0.255 e. The number of benzene rings is 3. The fraction of sp³-hybridized carbons (Fsp3) is 0. The van der Waals surface area contributed by atoms with Crippen molar-refractivity contribution in [2.45, 2.75) is 0 Å². The van der Waals surface area contributed by atoms with Crippen LogP contribution in [0.15, 0.2) is 84.9 Å². The first-order chi connectivity index (χ1) is 12.6. The molecule has 0 radical (unpaired) electrons. The van der Waals surface area contributed by atoms with Gasteiger partial charge in [-0.25, -0.2) is 0 Å². The van der Waals surface area contributed by atoms with Crippen molar-refractivity contribution in [1.82, 2.24) is 0 Å². The molecule has 128 valence electrons. The molecule has 0 fully saturated rings. The van der Waals surface area contributed by atoms with Gasteiger partial charge < -0.3 is 5.32 Å². The maximum Gasteiger partial charge on any atom is 0.255 e. The van der Waals surface area contributed by atoms with Crippen molar-refractivity contribution in [3.8, 4) is 0 Å². The van der Waals surface area contributed by atoms with Crippen molar-refractivity contribution >= 4 is 35.1 Å². The van der Waals surface area contributed by atoms with Gasteiger partial charge in [-0.05, 0) is 48.0 Å². The van der Waals surface area contributed by atoms with Crippen molar-refractivity contribution in [3.63, 3.8) is 0 Å². The van der Waals surface area contributed by atoms with E-state index < -0.39 is 0 Å². The molecular weight excluding hydrogens is 346 g/mol. The molecule has 4 heteroatoms. The van der Waals surface area contributed by atoms with E-state index in [1.165, 1.54) is 6.08 Å². The summed E-state index contributed by atoms with van der Waals surface area (Å²) in [5.41, 5.74) is 2.47. The summed E-state index contributed by atoms with van der Waals surface area (Å²) in [6.45, 7) is 0.